The number of benzene rings is 3. The standard InChI is InChI=1S/C28H26FN3O4S/c1-31-21-7-5-4-6-20(21)25-26(27(34)30-15-17-8-10-18(29)11-9-17)32(24(33)16-37-28(25)31)22-14-19(35-2)12-13-23(22)36-3/h4-14,26H,15-16H2,1-3H3,(H,30,34)/t26-/m1/s1. The zero-order chi connectivity index (χ0) is 26.1. The highest BCUT2D eigenvalue weighted by Crippen LogP contribution is 2.46. The highest BCUT2D eigenvalue weighted by molar-refractivity contribution is 8.00. The molecule has 0 radical (unpaired) electrons. The number of aryl methyl sites for hydroxylation is 1. The van der Waals surface area contributed by atoms with E-state index in [-0.39, 0.29) is 29.9 Å². The van der Waals surface area contributed by atoms with Crippen LogP contribution in [0.15, 0.2) is 71.8 Å². The van der Waals surface area contributed by atoms with Crippen LogP contribution < -0.4 is 19.7 Å². The molecule has 0 spiro atoms. The molecule has 4 aromatic rings. The summed E-state index contributed by atoms with van der Waals surface area (Å²) >= 11 is 1.41. The van der Waals surface area contributed by atoms with Crippen molar-refractivity contribution in [1.29, 1.82) is 0 Å². The van der Waals surface area contributed by atoms with Crippen molar-refractivity contribution in [3.63, 3.8) is 0 Å². The van der Waals surface area contributed by atoms with Gasteiger partial charge < -0.3 is 19.4 Å². The number of para-hydroxylation sites is 1. The van der Waals surface area contributed by atoms with Crippen LogP contribution in [0.5, 0.6) is 11.5 Å². The Bertz CT molecular complexity index is 1490. The van der Waals surface area contributed by atoms with E-state index in [4.69, 9.17) is 9.47 Å². The number of hydrogen-bond donors (Lipinski definition) is 1. The number of carbonyl (C=O) groups excluding carboxylic acids is 2. The molecule has 0 fully saturated rings. The van der Waals surface area contributed by atoms with Gasteiger partial charge in [-0.2, -0.15) is 0 Å². The number of ether oxygens (including phenoxy) is 2. The van der Waals surface area contributed by atoms with Gasteiger partial charge in [-0.3, -0.25) is 14.5 Å². The number of thioether (sulfide) groups is 1. The highest BCUT2D eigenvalue weighted by atomic mass is 32.2. The topological polar surface area (TPSA) is 72.8 Å². The number of fused-ring (bicyclic) bond motifs is 3. The average molecular weight is 520 g/mol. The van der Waals surface area contributed by atoms with Gasteiger partial charge >= 0.3 is 0 Å². The summed E-state index contributed by atoms with van der Waals surface area (Å²) in [4.78, 5) is 29.2. The SMILES string of the molecule is COc1ccc(OC)c(N2C(=O)CSc3c(c4ccccc4n3C)[C@@H]2C(=O)NCc2ccc(F)cc2)c1. The molecular weight excluding hydrogens is 493 g/mol. The van der Waals surface area contributed by atoms with Crippen molar-refractivity contribution in [1.82, 2.24) is 9.88 Å². The summed E-state index contributed by atoms with van der Waals surface area (Å²) in [5.74, 6) is 0.169. The summed E-state index contributed by atoms with van der Waals surface area (Å²) in [5, 5.41) is 4.70. The Kier molecular flexibility index (Phi) is 6.80. The van der Waals surface area contributed by atoms with E-state index >= 15 is 0 Å². The Hall–Kier alpha value is -3.98. The summed E-state index contributed by atoms with van der Waals surface area (Å²) in [5.41, 5.74) is 2.89. The molecule has 2 heterocycles. The number of nitrogens with one attached hydrogen (secondary N) is 1. The van der Waals surface area contributed by atoms with Crippen LogP contribution in [0, 0.1) is 5.82 Å². The normalized spacial score (nSPS) is 15.3. The monoisotopic (exact) mass is 519 g/mol. The number of methoxy groups -OCH3 is 2. The molecule has 5 rings (SSSR count). The number of nitrogens with zero attached hydrogens (tertiary/aromatic N) is 2. The van der Waals surface area contributed by atoms with Crippen LogP contribution in [-0.2, 0) is 23.2 Å². The molecule has 1 aliphatic heterocycles. The lowest BCUT2D eigenvalue weighted by atomic mass is 10.0. The number of halogens is 1. The van der Waals surface area contributed by atoms with Crippen LogP contribution >= 0.6 is 11.8 Å². The maximum atomic E-state index is 14.0. The number of carbonyl (C=O) groups is 2. The first kappa shape index (κ1) is 24.7. The number of hydrogen-bond acceptors (Lipinski definition) is 5. The van der Waals surface area contributed by atoms with Gasteiger partial charge in [-0.15, -0.1) is 0 Å². The average Bonchev–Trinajstić information content (AvgIpc) is 3.10. The number of anilines is 1. The number of rotatable bonds is 6. The Morgan fingerprint density at radius 3 is 2.57 bits per heavy atom. The fourth-order valence-corrected chi connectivity index (χ4v) is 5.77. The largest absolute Gasteiger partial charge is 0.497 e. The molecule has 0 bridgehead atoms. The van der Waals surface area contributed by atoms with Gasteiger partial charge in [0, 0.05) is 36.1 Å². The van der Waals surface area contributed by atoms with Gasteiger partial charge in [0.05, 0.1) is 30.7 Å². The fraction of sp³-hybridized carbons (Fsp3) is 0.214. The van der Waals surface area contributed by atoms with Gasteiger partial charge in [-0.25, -0.2) is 4.39 Å². The lowest BCUT2D eigenvalue weighted by Gasteiger charge is -2.31. The Morgan fingerprint density at radius 1 is 1.08 bits per heavy atom. The molecule has 190 valence electrons. The predicted molar refractivity (Wildman–Crippen MR) is 142 cm³/mol. The Labute approximate surface area is 218 Å². The van der Waals surface area contributed by atoms with Crippen LogP contribution in [0.25, 0.3) is 10.9 Å². The minimum atomic E-state index is -0.981. The number of amides is 2. The van der Waals surface area contributed by atoms with E-state index in [1.165, 1.54) is 35.9 Å². The van der Waals surface area contributed by atoms with Crippen molar-refractivity contribution in [3.05, 3.63) is 83.7 Å². The predicted octanol–water partition coefficient (Wildman–Crippen LogP) is 4.83. The molecule has 7 nitrogen and oxygen atoms in total. The second kappa shape index (κ2) is 10.2. The first-order valence-corrected chi connectivity index (χ1v) is 12.7. The van der Waals surface area contributed by atoms with Gasteiger partial charge in [0.15, 0.2) is 0 Å². The first-order valence-electron chi connectivity index (χ1n) is 11.7. The van der Waals surface area contributed by atoms with Crippen LogP contribution in [0.4, 0.5) is 10.1 Å². The smallest absolute Gasteiger partial charge is 0.248 e. The molecule has 0 saturated carbocycles. The van der Waals surface area contributed by atoms with E-state index in [1.54, 1.807) is 37.4 Å². The van der Waals surface area contributed by atoms with Gasteiger partial charge in [0.25, 0.3) is 0 Å². The molecule has 2 amide bonds. The van der Waals surface area contributed by atoms with E-state index in [0.29, 0.717) is 17.2 Å². The second-order valence-corrected chi connectivity index (χ2v) is 9.60. The summed E-state index contributed by atoms with van der Waals surface area (Å²) in [6, 6.07) is 18.0. The molecule has 1 N–H and O–H groups in total. The third-order valence-electron chi connectivity index (χ3n) is 6.50. The maximum Gasteiger partial charge on any atom is 0.248 e. The van der Waals surface area contributed by atoms with Crippen molar-refractivity contribution < 1.29 is 23.5 Å². The lowest BCUT2D eigenvalue weighted by Crippen LogP contribution is -2.44. The first-order chi connectivity index (χ1) is 17.9. The zero-order valence-electron chi connectivity index (χ0n) is 20.7. The van der Waals surface area contributed by atoms with E-state index in [2.05, 4.69) is 5.32 Å². The van der Waals surface area contributed by atoms with Crippen LogP contribution in [-0.4, -0.2) is 36.4 Å². The van der Waals surface area contributed by atoms with Crippen molar-refractivity contribution in [2.75, 3.05) is 24.9 Å². The molecule has 1 aliphatic rings. The fourth-order valence-electron chi connectivity index (χ4n) is 4.71. The molecule has 0 saturated heterocycles. The highest BCUT2D eigenvalue weighted by Gasteiger charge is 2.40. The maximum absolute atomic E-state index is 14.0. The molecule has 1 aromatic heterocycles. The van der Waals surface area contributed by atoms with E-state index < -0.39 is 6.04 Å². The van der Waals surface area contributed by atoms with E-state index in [9.17, 15) is 14.0 Å². The molecule has 0 aliphatic carbocycles. The van der Waals surface area contributed by atoms with Gasteiger partial charge in [-0.05, 0) is 35.9 Å². The van der Waals surface area contributed by atoms with E-state index in [0.717, 1.165) is 27.1 Å². The molecule has 37 heavy (non-hydrogen) atoms. The number of aromatic nitrogens is 1. The molecule has 1 atom stereocenters. The summed E-state index contributed by atoms with van der Waals surface area (Å²) in [6.07, 6.45) is 0. The Morgan fingerprint density at radius 2 is 1.84 bits per heavy atom. The minimum Gasteiger partial charge on any atom is -0.497 e. The third kappa shape index (κ3) is 4.51. The van der Waals surface area contributed by atoms with Crippen LogP contribution in [0.1, 0.15) is 17.2 Å². The molecular formula is C28H26FN3O4S. The molecule has 0 unspecified atom stereocenters. The minimum absolute atomic E-state index is 0.138. The molecule has 9 heteroatoms. The quantitative estimate of drug-likeness (QED) is 0.395. The van der Waals surface area contributed by atoms with Gasteiger partial charge in [0.2, 0.25) is 11.8 Å². The van der Waals surface area contributed by atoms with Gasteiger partial charge in [0.1, 0.15) is 23.4 Å². The summed E-state index contributed by atoms with van der Waals surface area (Å²) in [6.45, 7) is 0.181. The zero-order valence-corrected chi connectivity index (χ0v) is 21.5. The van der Waals surface area contributed by atoms with Crippen molar-refractivity contribution >= 4 is 40.2 Å². The third-order valence-corrected chi connectivity index (χ3v) is 7.66. The van der Waals surface area contributed by atoms with Crippen LogP contribution in [0.3, 0.4) is 0 Å². The summed E-state index contributed by atoms with van der Waals surface area (Å²) in [7, 11) is 5.00. The second-order valence-electron chi connectivity index (χ2n) is 8.63. The van der Waals surface area contributed by atoms with Crippen LogP contribution in [0.2, 0.25) is 0 Å². The summed E-state index contributed by atoms with van der Waals surface area (Å²) < 4.78 is 26.5. The lowest BCUT2D eigenvalue weighted by molar-refractivity contribution is -0.125. The molecule has 3 aromatic carbocycles. The Balaban J connectivity index is 1.68. The van der Waals surface area contributed by atoms with Crippen molar-refractivity contribution in [2.24, 2.45) is 7.05 Å². The van der Waals surface area contributed by atoms with Crippen molar-refractivity contribution in [2.45, 2.75) is 17.6 Å². The van der Waals surface area contributed by atoms with Gasteiger partial charge in [-0.1, -0.05) is 42.1 Å². The van der Waals surface area contributed by atoms with Crippen molar-refractivity contribution in [3.8, 4) is 11.5 Å². The van der Waals surface area contributed by atoms with E-state index in [1.807, 2.05) is 35.9 Å².